The molecule has 0 bridgehead atoms. The molecule has 6 nitrogen and oxygen atoms in total. The number of halogens is 2. The van der Waals surface area contributed by atoms with Gasteiger partial charge in [-0.3, -0.25) is 4.79 Å². The van der Waals surface area contributed by atoms with Crippen molar-refractivity contribution in [2.24, 2.45) is 0 Å². The molecule has 0 fully saturated rings. The summed E-state index contributed by atoms with van der Waals surface area (Å²) in [5.74, 6) is -0.921. The highest BCUT2D eigenvalue weighted by Crippen LogP contribution is 2.31. The number of rotatable bonds is 6. The molecular formula is C12H15Cl2NO5S. The molecule has 21 heavy (non-hydrogen) atoms. The van der Waals surface area contributed by atoms with Gasteiger partial charge in [-0.2, -0.15) is 0 Å². The van der Waals surface area contributed by atoms with Gasteiger partial charge in [-0.1, -0.05) is 53.5 Å². The van der Waals surface area contributed by atoms with E-state index in [1.165, 1.54) is 24.3 Å². The zero-order valence-electron chi connectivity index (χ0n) is 11.0. The Bertz CT molecular complexity index is 593. The van der Waals surface area contributed by atoms with Crippen molar-refractivity contribution >= 4 is 38.9 Å². The Morgan fingerprint density at radius 2 is 1.86 bits per heavy atom. The molecule has 0 aromatic heterocycles. The minimum Gasteiger partial charge on any atom is -0.394 e. The predicted octanol–water partition coefficient (Wildman–Crippen LogP) is 0.157. The van der Waals surface area contributed by atoms with Crippen molar-refractivity contribution in [2.45, 2.75) is 15.8 Å². The molecule has 1 amide bonds. The maximum atomic E-state index is 12.0. The molecule has 0 saturated carbocycles. The lowest BCUT2D eigenvalue weighted by molar-refractivity contribution is -0.122. The van der Waals surface area contributed by atoms with Gasteiger partial charge in [0.1, 0.15) is 0 Å². The molecular weight excluding hydrogens is 341 g/mol. The quantitative estimate of drug-likeness (QED) is 0.630. The lowest BCUT2D eigenvalue weighted by atomic mass is 10.0. The Morgan fingerprint density at radius 3 is 2.24 bits per heavy atom. The lowest BCUT2D eigenvalue weighted by Crippen LogP contribution is -2.57. The topological polar surface area (TPSA) is 104 Å². The summed E-state index contributed by atoms with van der Waals surface area (Å²) in [5, 5.41) is 22.2. The number of alkyl halides is 2. The molecule has 0 saturated heterocycles. The summed E-state index contributed by atoms with van der Waals surface area (Å²) in [6, 6.07) is 5.89. The Hall–Kier alpha value is -0.860. The van der Waals surface area contributed by atoms with Crippen molar-refractivity contribution in [3.8, 4) is 0 Å². The van der Waals surface area contributed by atoms with Gasteiger partial charge in [0.2, 0.25) is 4.93 Å². The molecule has 3 N–H and O–H groups in total. The molecule has 118 valence electrons. The van der Waals surface area contributed by atoms with Gasteiger partial charge in [-0.25, -0.2) is 8.42 Å². The van der Waals surface area contributed by atoms with Crippen LogP contribution in [0.5, 0.6) is 0 Å². The second-order valence-electron chi connectivity index (χ2n) is 4.38. The van der Waals surface area contributed by atoms with Gasteiger partial charge in [0.25, 0.3) is 5.91 Å². The zero-order chi connectivity index (χ0) is 16.3. The molecule has 2 unspecified atom stereocenters. The first-order valence-corrected chi connectivity index (χ1v) is 8.58. The third-order valence-corrected chi connectivity index (χ3v) is 4.97. The van der Waals surface area contributed by atoms with Gasteiger partial charge in [0, 0.05) is 11.8 Å². The number of benzene rings is 1. The third kappa shape index (κ3) is 3.87. The summed E-state index contributed by atoms with van der Waals surface area (Å²) < 4.78 is 24.1. The van der Waals surface area contributed by atoms with E-state index in [9.17, 15) is 23.4 Å². The van der Waals surface area contributed by atoms with Gasteiger partial charge < -0.3 is 15.5 Å². The first-order valence-electron chi connectivity index (χ1n) is 5.81. The minimum absolute atomic E-state index is 0.00699. The maximum absolute atomic E-state index is 12.0. The molecule has 0 spiro atoms. The highest BCUT2D eigenvalue weighted by atomic mass is 35.5. The van der Waals surface area contributed by atoms with Crippen molar-refractivity contribution in [3.63, 3.8) is 0 Å². The molecule has 9 heteroatoms. The molecule has 1 aromatic carbocycles. The first kappa shape index (κ1) is 18.2. The fourth-order valence-corrected chi connectivity index (χ4v) is 3.19. The van der Waals surface area contributed by atoms with Crippen LogP contribution >= 0.6 is 23.2 Å². The molecule has 2 atom stereocenters. The third-order valence-electron chi connectivity index (χ3n) is 2.92. The average molecular weight is 356 g/mol. The number of nitrogens with one attached hydrogen (secondary N) is 1. The highest BCUT2D eigenvalue weighted by Gasteiger charge is 2.48. The summed E-state index contributed by atoms with van der Waals surface area (Å²) in [6.45, 7) is -0.829. The normalized spacial score (nSPS) is 16.3. The molecule has 1 rings (SSSR count). The Balaban J connectivity index is 3.34. The highest BCUT2D eigenvalue weighted by molar-refractivity contribution is 7.91. The van der Waals surface area contributed by atoms with Gasteiger partial charge in [-0.15, -0.1) is 0 Å². The largest absolute Gasteiger partial charge is 0.394 e. The van der Waals surface area contributed by atoms with Crippen LogP contribution in [0.1, 0.15) is 5.56 Å². The maximum Gasteiger partial charge on any atom is 0.253 e. The number of hydrogen-bond donors (Lipinski definition) is 3. The Kier molecular flexibility index (Phi) is 6.01. The average Bonchev–Trinajstić information content (AvgIpc) is 2.43. The number of carbonyl (C=O) groups is 1. The van der Waals surface area contributed by atoms with E-state index in [0.29, 0.717) is 0 Å². The number of carbonyl (C=O) groups excluding carboxylic acids is 1. The van der Waals surface area contributed by atoms with Gasteiger partial charge in [-0.05, 0) is 0 Å². The monoisotopic (exact) mass is 355 g/mol. The van der Waals surface area contributed by atoms with Gasteiger partial charge in [0.15, 0.2) is 14.7 Å². The van der Waals surface area contributed by atoms with Crippen LogP contribution in [0.3, 0.4) is 0 Å². The van der Waals surface area contributed by atoms with Crippen LogP contribution in [0.2, 0.25) is 0 Å². The second kappa shape index (κ2) is 6.93. The number of hydrogen-bond acceptors (Lipinski definition) is 5. The second-order valence-corrected chi connectivity index (χ2v) is 7.64. The zero-order valence-corrected chi connectivity index (χ0v) is 13.4. The number of aliphatic hydroxyl groups is 2. The van der Waals surface area contributed by atoms with E-state index in [0.717, 1.165) is 6.26 Å². The van der Waals surface area contributed by atoms with Crippen molar-refractivity contribution in [2.75, 3.05) is 12.9 Å². The summed E-state index contributed by atoms with van der Waals surface area (Å²) in [5.41, 5.74) is 0.00699. The van der Waals surface area contributed by atoms with E-state index in [4.69, 9.17) is 23.2 Å². The summed E-state index contributed by atoms with van der Waals surface area (Å²) in [4.78, 5) is 7.55. The van der Waals surface area contributed by atoms with E-state index < -0.39 is 38.2 Å². The number of sulfone groups is 1. The smallest absolute Gasteiger partial charge is 0.253 e. The van der Waals surface area contributed by atoms with E-state index in [1.54, 1.807) is 6.07 Å². The summed E-state index contributed by atoms with van der Waals surface area (Å²) in [7, 11) is -4.11. The molecule has 0 aliphatic carbocycles. The molecule has 0 aliphatic heterocycles. The Morgan fingerprint density at radius 1 is 1.33 bits per heavy atom. The SMILES string of the molecule is CS(=O)(=O)C(O)(c1ccccc1)C(CO)NC(=O)C(Cl)Cl. The Labute approximate surface area is 132 Å². The molecule has 0 heterocycles. The summed E-state index contributed by atoms with van der Waals surface area (Å²) >= 11 is 10.8. The van der Waals surface area contributed by atoms with Crippen molar-refractivity contribution < 1.29 is 23.4 Å². The fourth-order valence-electron chi connectivity index (χ4n) is 1.85. The van der Waals surface area contributed by atoms with Crippen LogP contribution < -0.4 is 5.32 Å². The predicted molar refractivity (Wildman–Crippen MR) is 79.7 cm³/mol. The lowest BCUT2D eigenvalue weighted by Gasteiger charge is -2.34. The number of amides is 1. The van der Waals surface area contributed by atoms with Crippen LogP contribution in [0.4, 0.5) is 0 Å². The van der Waals surface area contributed by atoms with Crippen LogP contribution in [0.15, 0.2) is 30.3 Å². The van der Waals surface area contributed by atoms with E-state index >= 15 is 0 Å². The van der Waals surface area contributed by atoms with E-state index in [2.05, 4.69) is 5.32 Å². The van der Waals surface area contributed by atoms with Gasteiger partial charge in [0.05, 0.1) is 12.6 Å². The minimum atomic E-state index is -4.11. The van der Waals surface area contributed by atoms with Gasteiger partial charge >= 0.3 is 0 Å². The summed E-state index contributed by atoms with van der Waals surface area (Å²) in [6.07, 6.45) is 0.799. The van der Waals surface area contributed by atoms with Crippen molar-refractivity contribution in [1.82, 2.24) is 5.32 Å². The van der Waals surface area contributed by atoms with Crippen molar-refractivity contribution in [1.29, 1.82) is 0 Å². The van der Waals surface area contributed by atoms with E-state index in [1.807, 2.05) is 0 Å². The van der Waals surface area contributed by atoms with Crippen LogP contribution in [0, 0.1) is 0 Å². The molecule has 0 aliphatic rings. The van der Waals surface area contributed by atoms with Crippen LogP contribution in [0.25, 0.3) is 0 Å². The standard InChI is InChI=1S/C12H15Cl2NO5S/c1-21(19,20)12(18,8-5-3-2-4-6-8)9(7-16)15-11(17)10(13)14/h2-6,9-10,16,18H,7H2,1H3,(H,15,17). The number of aliphatic hydroxyl groups excluding tert-OH is 1. The molecule has 0 radical (unpaired) electrons. The fraction of sp³-hybridized carbons (Fsp3) is 0.417. The van der Waals surface area contributed by atoms with Crippen LogP contribution in [-0.2, 0) is 19.6 Å². The first-order chi connectivity index (χ1) is 9.64. The van der Waals surface area contributed by atoms with Crippen LogP contribution in [-0.4, -0.2) is 48.3 Å². The molecule has 1 aromatic rings. The van der Waals surface area contributed by atoms with Crippen molar-refractivity contribution in [3.05, 3.63) is 35.9 Å². The van der Waals surface area contributed by atoms with E-state index in [-0.39, 0.29) is 5.56 Å².